The number of carboxylic acids is 1. The molecule has 4 aromatic rings. The Labute approximate surface area is 244 Å². The van der Waals surface area contributed by atoms with E-state index in [2.05, 4.69) is 10.6 Å². The number of nitrogens with one attached hydrogen (secondary N) is 2. The summed E-state index contributed by atoms with van der Waals surface area (Å²) >= 11 is 0. The third-order valence-electron chi connectivity index (χ3n) is 6.70. The summed E-state index contributed by atoms with van der Waals surface area (Å²) in [5.41, 5.74) is -0.144. The number of carbonyl (C=O) groups excluding carboxylic acids is 1. The molecule has 0 spiro atoms. The minimum Gasteiger partial charge on any atom is -0.489 e. The van der Waals surface area contributed by atoms with Crippen LogP contribution in [-0.4, -0.2) is 59.5 Å². The highest BCUT2D eigenvalue weighted by Gasteiger charge is 2.50. The number of nitrogens with zero attached hydrogens (tertiary/aromatic N) is 2. The third-order valence-corrected chi connectivity index (χ3v) is 6.70. The van der Waals surface area contributed by atoms with Crippen LogP contribution in [-0.2, 0) is 10.3 Å². The van der Waals surface area contributed by atoms with Crippen molar-refractivity contribution < 1.29 is 24.5 Å². The lowest BCUT2D eigenvalue weighted by molar-refractivity contribution is -0.147. The lowest BCUT2D eigenvalue weighted by atomic mass is 9.81. The lowest BCUT2D eigenvalue weighted by Crippen LogP contribution is -2.58. The molecule has 214 valence electrons. The molecular formula is C33H32N4O5. The van der Waals surface area contributed by atoms with E-state index in [4.69, 9.17) is 4.74 Å². The first-order valence-corrected chi connectivity index (χ1v) is 13.5. The number of carbonyl (C=O) groups is 2. The molecule has 4 aromatic carbocycles. The maximum atomic E-state index is 13.9. The highest BCUT2D eigenvalue weighted by Crippen LogP contribution is 2.37. The minimum atomic E-state index is -1.86. The van der Waals surface area contributed by atoms with Crippen LogP contribution in [0, 0.1) is 11.3 Å². The second-order valence-corrected chi connectivity index (χ2v) is 9.47. The number of rotatable bonds is 13. The normalized spacial score (nSPS) is 11.6. The van der Waals surface area contributed by atoms with Crippen LogP contribution in [0.25, 0.3) is 0 Å². The van der Waals surface area contributed by atoms with Gasteiger partial charge >= 0.3 is 12.0 Å². The van der Waals surface area contributed by atoms with Crippen LogP contribution in [0.3, 0.4) is 0 Å². The number of amides is 2. The number of anilines is 1. The number of para-hydroxylation sites is 2. The number of ether oxygens (including phenoxy) is 1. The fourth-order valence-electron chi connectivity index (χ4n) is 4.72. The Morgan fingerprint density at radius 2 is 1.40 bits per heavy atom. The first-order valence-electron chi connectivity index (χ1n) is 13.5. The van der Waals surface area contributed by atoms with Crippen LogP contribution in [0.1, 0.15) is 16.7 Å². The van der Waals surface area contributed by atoms with E-state index < -0.39 is 23.6 Å². The quantitative estimate of drug-likeness (QED) is 0.176. The Hall–Kier alpha value is -5.17. The molecule has 0 heterocycles. The van der Waals surface area contributed by atoms with Gasteiger partial charge in [-0.3, -0.25) is 4.90 Å². The molecule has 4 rings (SSSR count). The van der Waals surface area contributed by atoms with Crippen molar-refractivity contribution in [1.29, 1.82) is 5.26 Å². The molecule has 1 unspecified atom stereocenters. The van der Waals surface area contributed by atoms with E-state index in [1.165, 1.54) is 4.90 Å². The Balaban J connectivity index is 1.57. The van der Waals surface area contributed by atoms with Crippen molar-refractivity contribution in [3.05, 3.63) is 132 Å². The van der Waals surface area contributed by atoms with E-state index in [-0.39, 0.29) is 26.2 Å². The molecule has 0 fully saturated rings. The highest BCUT2D eigenvalue weighted by molar-refractivity contribution is 5.96. The van der Waals surface area contributed by atoms with Gasteiger partial charge in [0, 0.05) is 25.3 Å². The number of benzene rings is 4. The number of hydrogen-bond donors (Lipinski definition) is 4. The fourth-order valence-corrected chi connectivity index (χ4v) is 4.72. The molecule has 0 radical (unpaired) electrons. The van der Waals surface area contributed by atoms with Gasteiger partial charge in [-0.2, -0.15) is 5.26 Å². The minimum absolute atomic E-state index is 0.0143. The molecule has 0 saturated carbocycles. The van der Waals surface area contributed by atoms with Crippen molar-refractivity contribution in [2.24, 2.45) is 0 Å². The van der Waals surface area contributed by atoms with Crippen molar-refractivity contribution in [2.75, 3.05) is 31.6 Å². The van der Waals surface area contributed by atoms with Crippen LogP contribution >= 0.6 is 0 Å². The molecule has 0 aliphatic heterocycles. The zero-order valence-corrected chi connectivity index (χ0v) is 22.9. The summed E-state index contributed by atoms with van der Waals surface area (Å²) in [4.78, 5) is 28.5. The second kappa shape index (κ2) is 14.5. The number of aliphatic carboxylic acids is 1. The van der Waals surface area contributed by atoms with Crippen LogP contribution in [0.4, 0.5) is 10.5 Å². The monoisotopic (exact) mass is 564 g/mol. The summed E-state index contributed by atoms with van der Waals surface area (Å²) < 4.78 is 5.61. The Morgan fingerprint density at radius 1 is 0.857 bits per heavy atom. The zero-order valence-electron chi connectivity index (χ0n) is 22.9. The van der Waals surface area contributed by atoms with Crippen LogP contribution in [0.2, 0.25) is 0 Å². The van der Waals surface area contributed by atoms with Gasteiger partial charge in [-0.05, 0) is 35.4 Å². The molecule has 42 heavy (non-hydrogen) atoms. The van der Waals surface area contributed by atoms with Gasteiger partial charge in [0.1, 0.15) is 24.5 Å². The second-order valence-electron chi connectivity index (χ2n) is 9.47. The van der Waals surface area contributed by atoms with Gasteiger partial charge in [-0.25, -0.2) is 9.59 Å². The lowest BCUT2D eigenvalue weighted by Gasteiger charge is -2.41. The van der Waals surface area contributed by atoms with Gasteiger partial charge in [-0.15, -0.1) is 0 Å². The summed E-state index contributed by atoms with van der Waals surface area (Å²) in [5, 5.41) is 36.5. The van der Waals surface area contributed by atoms with E-state index in [0.29, 0.717) is 28.1 Å². The molecule has 1 atom stereocenters. The topological polar surface area (TPSA) is 135 Å². The van der Waals surface area contributed by atoms with E-state index in [1.807, 2.05) is 12.1 Å². The standard InChI is InChI=1S/C33H32N4O5/c34-22-25-12-10-11-19-30(25)42-24-29(38)23-35-20-21-37(32(41)36-28-17-8-3-9-18-28)33(31(39)40,26-13-4-1-5-14-26)27-15-6-2-7-16-27/h1-19,29,35,38H,20-21,23-24H2,(H,36,41)(H,39,40). The van der Waals surface area contributed by atoms with Crippen LogP contribution in [0.15, 0.2) is 115 Å². The predicted octanol–water partition coefficient (Wildman–Crippen LogP) is 4.45. The largest absolute Gasteiger partial charge is 0.489 e. The van der Waals surface area contributed by atoms with Gasteiger partial charge in [0.05, 0.1) is 5.56 Å². The van der Waals surface area contributed by atoms with Crippen molar-refractivity contribution in [3.8, 4) is 11.8 Å². The molecule has 0 bridgehead atoms. The average molecular weight is 565 g/mol. The maximum absolute atomic E-state index is 13.9. The SMILES string of the molecule is N#Cc1ccccc1OCC(O)CNCCN(C(=O)Nc1ccccc1)C(C(=O)O)(c1ccccc1)c1ccccc1. The molecule has 0 saturated heterocycles. The Morgan fingerprint density at radius 3 is 1.98 bits per heavy atom. The first kappa shape index (κ1) is 29.8. The van der Waals surface area contributed by atoms with Gasteiger partial charge in [0.2, 0.25) is 0 Å². The van der Waals surface area contributed by atoms with Crippen LogP contribution < -0.4 is 15.4 Å². The summed E-state index contributed by atoms with van der Waals surface area (Å²) in [6.07, 6.45) is -0.921. The fraction of sp³-hybridized carbons (Fsp3) is 0.182. The zero-order chi connectivity index (χ0) is 29.8. The van der Waals surface area contributed by atoms with Crippen molar-refractivity contribution in [1.82, 2.24) is 10.2 Å². The molecule has 9 heteroatoms. The molecule has 4 N–H and O–H groups in total. The molecule has 0 aromatic heterocycles. The average Bonchev–Trinajstić information content (AvgIpc) is 3.02. The number of urea groups is 1. The summed E-state index contributed by atoms with van der Waals surface area (Å²) in [5.74, 6) is -0.840. The first-order chi connectivity index (χ1) is 20.5. The van der Waals surface area contributed by atoms with Crippen molar-refractivity contribution in [3.63, 3.8) is 0 Å². The number of nitriles is 1. The summed E-state index contributed by atoms with van der Waals surface area (Å²) in [6.45, 7) is 0.207. The molecular weight excluding hydrogens is 532 g/mol. The van der Waals surface area contributed by atoms with Crippen LogP contribution in [0.5, 0.6) is 5.75 Å². The number of aliphatic hydroxyl groups is 1. The number of hydrogen-bond acceptors (Lipinski definition) is 6. The van der Waals surface area contributed by atoms with Gasteiger partial charge in [-0.1, -0.05) is 91.0 Å². The predicted molar refractivity (Wildman–Crippen MR) is 159 cm³/mol. The maximum Gasteiger partial charge on any atom is 0.339 e. The summed E-state index contributed by atoms with van der Waals surface area (Å²) in [7, 11) is 0. The molecule has 9 nitrogen and oxygen atoms in total. The molecule has 0 aliphatic carbocycles. The van der Waals surface area contributed by atoms with E-state index in [1.54, 1.807) is 109 Å². The number of aliphatic hydroxyl groups excluding tert-OH is 1. The summed E-state index contributed by atoms with van der Waals surface area (Å²) in [6, 6.07) is 34.3. The smallest absolute Gasteiger partial charge is 0.339 e. The van der Waals surface area contributed by atoms with E-state index in [0.717, 1.165) is 0 Å². The van der Waals surface area contributed by atoms with Gasteiger partial charge in [0.15, 0.2) is 5.54 Å². The number of carboxylic acid groups (broad SMARTS) is 1. The highest BCUT2D eigenvalue weighted by atomic mass is 16.5. The van der Waals surface area contributed by atoms with Crippen molar-refractivity contribution >= 4 is 17.7 Å². The molecule has 2 amide bonds. The van der Waals surface area contributed by atoms with Crippen molar-refractivity contribution in [2.45, 2.75) is 11.6 Å². The molecule has 0 aliphatic rings. The van der Waals surface area contributed by atoms with Gasteiger partial charge < -0.3 is 25.6 Å². The Kier molecular flexibility index (Phi) is 10.3. The third kappa shape index (κ3) is 6.93. The van der Waals surface area contributed by atoms with E-state index >= 15 is 0 Å². The Bertz CT molecular complexity index is 1450. The van der Waals surface area contributed by atoms with Gasteiger partial charge in [0.25, 0.3) is 0 Å². The van der Waals surface area contributed by atoms with E-state index in [9.17, 15) is 25.1 Å².